The highest BCUT2D eigenvalue weighted by atomic mass is 79.9. The first-order chi connectivity index (χ1) is 9.68. The normalized spacial score (nSPS) is 17.7. The van der Waals surface area contributed by atoms with Crippen LogP contribution in [0.2, 0.25) is 0 Å². The Bertz CT molecular complexity index is 649. The van der Waals surface area contributed by atoms with Gasteiger partial charge in [0.1, 0.15) is 4.90 Å². The molecule has 0 aliphatic heterocycles. The Morgan fingerprint density at radius 2 is 2.14 bits per heavy atom. The van der Waals surface area contributed by atoms with Gasteiger partial charge in [-0.3, -0.25) is 0 Å². The van der Waals surface area contributed by atoms with E-state index in [2.05, 4.69) is 20.7 Å². The lowest BCUT2D eigenvalue weighted by molar-refractivity contribution is 0.0656. The SMILES string of the molecule is CN(C)C1(CNS(=O)(=O)c2cc(C(=O)O)oc2Br)CCC1. The Labute approximate surface area is 131 Å². The largest absolute Gasteiger partial charge is 0.475 e. The summed E-state index contributed by atoms with van der Waals surface area (Å²) in [6, 6.07) is 0.998. The molecule has 1 heterocycles. The van der Waals surface area contributed by atoms with Crippen molar-refractivity contribution in [3.05, 3.63) is 16.5 Å². The molecule has 1 aromatic heterocycles. The fraction of sp³-hybridized carbons (Fsp3) is 0.583. The molecule has 0 saturated heterocycles. The van der Waals surface area contributed by atoms with Crippen molar-refractivity contribution in [3.8, 4) is 0 Å². The van der Waals surface area contributed by atoms with E-state index >= 15 is 0 Å². The van der Waals surface area contributed by atoms with E-state index in [1.54, 1.807) is 0 Å². The standard InChI is InChI=1S/C12H17BrN2O5S/c1-15(2)12(4-3-5-12)7-14-21(18,19)9-6-8(11(16)17)20-10(9)13/h6,14H,3-5,7H2,1-2H3,(H,16,17). The molecule has 1 aliphatic rings. The number of nitrogens with zero attached hydrogens (tertiary/aromatic N) is 1. The Balaban J connectivity index is 2.17. The molecule has 9 heteroatoms. The average Bonchev–Trinajstić information content (AvgIpc) is 2.70. The molecule has 21 heavy (non-hydrogen) atoms. The van der Waals surface area contributed by atoms with E-state index in [4.69, 9.17) is 9.52 Å². The second kappa shape index (κ2) is 5.71. The van der Waals surface area contributed by atoms with Crippen molar-refractivity contribution < 1.29 is 22.7 Å². The molecule has 2 N–H and O–H groups in total. The van der Waals surface area contributed by atoms with E-state index in [1.165, 1.54) is 0 Å². The van der Waals surface area contributed by atoms with E-state index in [9.17, 15) is 13.2 Å². The van der Waals surface area contributed by atoms with Gasteiger partial charge in [0, 0.05) is 18.2 Å². The van der Waals surface area contributed by atoms with Gasteiger partial charge in [-0.05, 0) is 49.3 Å². The minimum absolute atomic E-state index is 0.111. The number of carbonyl (C=O) groups is 1. The van der Waals surface area contributed by atoms with Crippen molar-refractivity contribution in [3.63, 3.8) is 0 Å². The first-order valence-electron chi connectivity index (χ1n) is 6.38. The lowest BCUT2D eigenvalue weighted by Gasteiger charge is -2.47. The molecule has 1 fully saturated rings. The van der Waals surface area contributed by atoms with Gasteiger partial charge in [0.15, 0.2) is 4.67 Å². The second-order valence-corrected chi connectivity index (χ2v) is 7.81. The molecule has 0 amide bonds. The molecular weight excluding hydrogens is 364 g/mol. The maximum absolute atomic E-state index is 12.3. The Hall–Kier alpha value is -0.900. The number of likely N-dealkylation sites (N-methyl/N-ethyl adjacent to an activating group) is 1. The topological polar surface area (TPSA) is 99.9 Å². The van der Waals surface area contributed by atoms with Crippen LogP contribution in [0, 0.1) is 0 Å². The molecule has 1 saturated carbocycles. The summed E-state index contributed by atoms with van der Waals surface area (Å²) in [5.41, 5.74) is -0.168. The van der Waals surface area contributed by atoms with Gasteiger partial charge in [-0.1, -0.05) is 0 Å². The van der Waals surface area contributed by atoms with Crippen LogP contribution in [-0.2, 0) is 10.0 Å². The highest BCUT2D eigenvalue weighted by Gasteiger charge is 2.40. The second-order valence-electron chi connectivity index (χ2n) is 5.35. The maximum Gasteiger partial charge on any atom is 0.371 e. The number of furan rings is 1. The van der Waals surface area contributed by atoms with E-state index in [-0.39, 0.29) is 21.6 Å². The molecule has 1 aliphatic carbocycles. The van der Waals surface area contributed by atoms with Crippen LogP contribution in [0.4, 0.5) is 0 Å². The van der Waals surface area contributed by atoms with Gasteiger partial charge in [0.05, 0.1) is 0 Å². The first kappa shape index (κ1) is 16.5. The molecule has 0 bridgehead atoms. The van der Waals surface area contributed by atoms with Crippen LogP contribution < -0.4 is 4.72 Å². The van der Waals surface area contributed by atoms with Crippen molar-refractivity contribution in [1.29, 1.82) is 0 Å². The van der Waals surface area contributed by atoms with Crippen molar-refractivity contribution in [2.45, 2.75) is 29.7 Å². The van der Waals surface area contributed by atoms with Gasteiger partial charge in [-0.25, -0.2) is 17.9 Å². The van der Waals surface area contributed by atoms with Crippen LogP contribution in [0.15, 0.2) is 20.0 Å². The van der Waals surface area contributed by atoms with E-state index in [1.807, 2.05) is 19.0 Å². The number of aromatic carboxylic acids is 1. The van der Waals surface area contributed by atoms with E-state index in [0.29, 0.717) is 0 Å². The number of hydrogen-bond donors (Lipinski definition) is 2. The molecule has 0 spiro atoms. The summed E-state index contributed by atoms with van der Waals surface area (Å²) in [5.74, 6) is -1.74. The summed E-state index contributed by atoms with van der Waals surface area (Å²) in [6.45, 7) is 0.280. The zero-order valence-corrected chi connectivity index (χ0v) is 14.1. The lowest BCUT2D eigenvalue weighted by Crippen LogP contribution is -2.57. The third-order valence-corrected chi connectivity index (χ3v) is 6.24. The fourth-order valence-corrected chi connectivity index (χ4v) is 4.37. The summed E-state index contributed by atoms with van der Waals surface area (Å²) >= 11 is 2.94. The summed E-state index contributed by atoms with van der Waals surface area (Å²) in [7, 11) is 0.0136. The lowest BCUT2D eigenvalue weighted by atomic mass is 9.76. The third kappa shape index (κ3) is 3.15. The first-order valence-corrected chi connectivity index (χ1v) is 8.65. The maximum atomic E-state index is 12.3. The van der Waals surface area contributed by atoms with Crippen LogP contribution in [-0.4, -0.2) is 50.6 Å². The molecule has 2 rings (SSSR count). The van der Waals surface area contributed by atoms with Crippen LogP contribution in [0.25, 0.3) is 0 Å². The highest BCUT2D eigenvalue weighted by molar-refractivity contribution is 9.10. The molecular formula is C12H17BrN2O5S. The van der Waals surface area contributed by atoms with Gasteiger partial charge >= 0.3 is 5.97 Å². The summed E-state index contributed by atoms with van der Waals surface area (Å²) in [5, 5.41) is 8.83. The Morgan fingerprint density at radius 3 is 2.52 bits per heavy atom. The number of nitrogens with one attached hydrogen (secondary N) is 1. The number of halogens is 1. The third-order valence-electron chi connectivity index (χ3n) is 3.98. The Kier molecular flexibility index (Phi) is 4.48. The van der Waals surface area contributed by atoms with Crippen LogP contribution in [0.3, 0.4) is 0 Å². The zero-order valence-electron chi connectivity index (χ0n) is 11.7. The summed E-state index contributed by atoms with van der Waals surface area (Å²) in [6.07, 6.45) is 2.92. The average molecular weight is 381 g/mol. The molecule has 118 valence electrons. The van der Waals surface area contributed by atoms with E-state index < -0.39 is 21.8 Å². The van der Waals surface area contributed by atoms with Gasteiger partial charge < -0.3 is 14.4 Å². The van der Waals surface area contributed by atoms with Crippen molar-refractivity contribution in [1.82, 2.24) is 9.62 Å². The molecule has 0 unspecified atom stereocenters. The monoisotopic (exact) mass is 380 g/mol. The molecule has 7 nitrogen and oxygen atoms in total. The number of sulfonamides is 1. The van der Waals surface area contributed by atoms with Gasteiger partial charge in [0.2, 0.25) is 15.8 Å². The van der Waals surface area contributed by atoms with Crippen molar-refractivity contribution >= 4 is 31.9 Å². The quantitative estimate of drug-likeness (QED) is 0.775. The number of carboxylic acids is 1. The Morgan fingerprint density at radius 1 is 1.52 bits per heavy atom. The van der Waals surface area contributed by atoms with Crippen molar-refractivity contribution in [2.24, 2.45) is 0 Å². The minimum atomic E-state index is -3.83. The van der Waals surface area contributed by atoms with Crippen LogP contribution in [0.5, 0.6) is 0 Å². The molecule has 0 radical (unpaired) electrons. The van der Waals surface area contributed by atoms with E-state index in [0.717, 1.165) is 25.3 Å². The van der Waals surface area contributed by atoms with Gasteiger partial charge in [-0.2, -0.15) is 0 Å². The molecule has 0 aromatic carbocycles. The number of hydrogen-bond acceptors (Lipinski definition) is 5. The van der Waals surface area contributed by atoms with Crippen LogP contribution >= 0.6 is 15.9 Å². The smallest absolute Gasteiger partial charge is 0.371 e. The number of rotatable bonds is 6. The summed E-state index contributed by atoms with van der Waals surface area (Å²) in [4.78, 5) is 12.6. The highest BCUT2D eigenvalue weighted by Crippen LogP contribution is 2.36. The number of carboxylic acid groups (broad SMARTS) is 1. The fourth-order valence-electron chi connectivity index (χ4n) is 2.31. The summed E-state index contributed by atoms with van der Waals surface area (Å²) < 4.78 is 31.9. The molecule has 1 aromatic rings. The van der Waals surface area contributed by atoms with Crippen molar-refractivity contribution in [2.75, 3.05) is 20.6 Å². The predicted octanol–water partition coefficient (Wildman–Crippen LogP) is 1.50. The minimum Gasteiger partial charge on any atom is -0.475 e. The predicted molar refractivity (Wildman–Crippen MR) is 78.8 cm³/mol. The molecule has 0 atom stereocenters. The van der Waals surface area contributed by atoms with Gasteiger partial charge in [-0.15, -0.1) is 0 Å². The van der Waals surface area contributed by atoms with Gasteiger partial charge in [0.25, 0.3) is 0 Å². The van der Waals surface area contributed by atoms with Crippen LogP contribution in [0.1, 0.15) is 29.8 Å². The zero-order chi connectivity index (χ0) is 15.8.